The van der Waals surface area contributed by atoms with Crippen LogP contribution in [0.1, 0.15) is 28.7 Å². The number of fused-ring (bicyclic) bond motifs is 2. The monoisotopic (exact) mass is 481 g/mol. The molecule has 8 heteroatoms. The minimum Gasteiger partial charge on any atom is -0.490 e. The highest BCUT2D eigenvalue weighted by Crippen LogP contribution is 2.26. The summed E-state index contributed by atoms with van der Waals surface area (Å²) in [6.45, 7) is 5.84. The Morgan fingerprint density at radius 2 is 1.83 bits per heavy atom. The first-order chi connectivity index (χ1) is 17.4. The van der Waals surface area contributed by atoms with E-state index in [2.05, 4.69) is 10.3 Å². The summed E-state index contributed by atoms with van der Waals surface area (Å²) in [5.41, 5.74) is 1.73. The highest BCUT2D eigenvalue weighted by Gasteiger charge is 2.17. The average molecular weight is 482 g/mol. The van der Waals surface area contributed by atoms with Gasteiger partial charge in [0.05, 0.1) is 23.2 Å². The SMILES string of the molecule is CCOc1cccc2cc(C(=O)Nc3ccc(-n4c(C)nc5ccccc5c4=O)cc3C)c(=O)oc12. The van der Waals surface area contributed by atoms with Gasteiger partial charge in [0.2, 0.25) is 0 Å². The zero-order valence-corrected chi connectivity index (χ0v) is 20.0. The van der Waals surface area contributed by atoms with E-state index in [0.717, 1.165) is 0 Å². The lowest BCUT2D eigenvalue weighted by Gasteiger charge is -2.14. The molecule has 0 fully saturated rings. The molecule has 2 aromatic heterocycles. The van der Waals surface area contributed by atoms with Crippen molar-refractivity contribution in [2.45, 2.75) is 20.8 Å². The maximum Gasteiger partial charge on any atom is 0.349 e. The largest absolute Gasteiger partial charge is 0.490 e. The topological polar surface area (TPSA) is 103 Å². The zero-order chi connectivity index (χ0) is 25.4. The Hall–Kier alpha value is -4.72. The molecule has 0 spiro atoms. The molecule has 0 atom stereocenters. The zero-order valence-electron chi connectivity index (χ0n) is 20.0. The van der Waals surface area contributed by atoms with Crippen LogP contribution in [0.15, 0.2) is 80.7 Å². The summed E-state index contributed by atoms with van der Waals surface area (Å²) in [5, 5.41) is 3.88. The van der Waals surface area contributed by atoms with Gasteiger partial charge in [-0.1, -0.05) is 24.3 Å². The molecule has 0 bridgehead atoms. The number of aromatic nitrogens is 2. The number of anilines is 1. The number of carbonyl (C=O) groups is 1. The Balaban J connectivity index is 1.48. The van der Waals surface area contributed by atoms with Crippen LogP contribution in [0.2, 0.25) is 0 Å². The highest BCUT2D eigenvalue weighted by molar-refractivity contribution is 6.06. The van der Waals surface area contributed by atoms with Gasteiger partial charge < -0.3 is 14.5 Å². The van der Waals surface area contributed by atoms with Gasteiger partial charge in [0, 0.05) is 11.1 Å². The number of hydrogen-bond donors (Lipinski definition) is 1. The molecule has 8 nitrogen and oxygen atoms in total. The minimum atomic E-state index is -0.758. The van der Waals surface area contributed by atoms with Crippen LogP contribution in [0.25, 0.3) is 27.6 Å². The van der Waals surface area contributed by atoms with Crippen LogP contribution >= 0.6 is 0 Å². The first-order valence-electron chi connectivity index (χ1n) is 11.5. The van der Waals surface area contributed by atoms with Crippen molar-refractivity contribution in [1.29, 1.82) is 0 Å². The number of nitrogens with one attached hydrogen (secondary N) is 1. The molecule has 5 rings (SSSR count). The third-order valence-corrected chi connectivity index (χ3v) is 5.93. The van der Waals surface area contributed by atoms with Crippen molar-refractivity contribution < 1.29 is 13.9 Å². The smallest absolute Gasteiger partial charge is 0.349 e. The van der Waals surface area contributed by atoms with E-state index in [4.69, 9.17) is 9.15 Å². The number of nitrogens with zero attached hydrogens (tertiary/aromatic N) is 2. The number of ether oxygens (including phenoxy) is 1. The van der Waals surface area contributed by atoms with Gasteiger partial charge in [-0.25, -0.2) is 9.78 Å². The molecule has 36 heavy (non-hydrogen) atoms. The van der Waals surface area contributed by atoms with Crippen molar-refractivity contribution in [3.63, 3.8) is 0 Å². The van der Waals surface area contributed by atoms with Crippen LogP contribution in [0.5, 0.6) is 5.75 Å². The van der Waals surface area contributed by atoms with Gasteiger partial charge in [-0.2, -0.15) is 0 Å². The van der Waals surface area contributed by atoms with Crippen LogP contribution in [0, 0.1) is 13.8 Å². The van der Waals surface area contributed by atoms with Gasteiger partial charge in [0.15, 0.2) is 11.3 Å². The maximum atomic E-state index is 13.1. The molecule has 0 saturated heterocycles. The summed E-state index contributed by atoms with van der Waals surface area (Å²) in [6.07, 6.45) is 0. The quantitative estimate of drug-likeness (QED) is 0.363. The molecule has 0 aliphatic heterocycles. The maximum absolute atomic E-state index is 13.1. The summed E-state index contributed by atoms with van der Waals surface area (Å²) in [4.78, 5) is 43.2. The first kappa shape index (κ1) is 23.0. The fourth-order valence-electron chi connectivity index (χ4n) is 4.21. The predicted octanol–water partition coefficient (Wildman–Crippen LogP) is 4.76. The molecule has 1 amide bonds. The van der Waals surface area contributed by atoms with Gasteiger partial charge >= 0.3 is 5.63 Å². The van der Waals surface area contributed by atoms with Crippen LogP contribution < -0.4 is 21.2 Å². The number of carbonyl (C=O) groups excluding carboxylic acids is 1. The van der Waals surface area contributed by atoms with E-state index in [1.54, 1.807) is 61.5 Å². The summed E-state index contributed by atoms with van der Waals surface area (Å²) < 4.78 is 12.5. The molecule has 3 aromatic carbocycles. The number of para-hydroxylation sites is 2. The van der Waals surface area contributed by atoms with Crippen molar-refractivity contribution in [1.82, 2.24) is 9.55 Å². The van der Waals surface area contributed by atoms with Gasteiger partial charge in [-0.05, 0) is 68.8 Å². The summed E-state index contributed by atoms with van der Waals surface area (Å²) >= 11 is 0. The van der Waals surface area contributed by atoms with E-state index in [0.29, 0.717) is 57.0 Å². The number of hydrogen-bond acceptors (Lipinski definition) is 6. The fraction of sp³-hybridized carbons (Fsp3) is 0.143. The molecule has 5 aromatic rings. The first-order valence-corrected chi connectivity index (χ1v) is 11.5. The number of aryl methyl sites for hydroxylation is 2. The Labute approximate surface area is 205 Å². The minimum absolute atomic E-state index is 0.120. The Bertz CT molecular complexity index is 1770. The second-order valence-corrected chi connectivity index (χ2v) is 8.33. The lowest BCUT2D eigenvalue weighted by molar-refractivity contribution is 0.102. The number of rotatable bonds is 5. The average Bonchev–Trinajstić information content (AvgIpc) is 2.86. The molecular weight excluding hydrogens is 458 g/mol. The van der Waals surface area contributed by atoms with Crippen LogP contribution in [-0.4, -0.2) is 22.1 Å². The molecule has 0 aliphatic carbocycles. The molecule has 0 saturated carbocycles. The van der Waals surface area contributed by atoms with Crippen molar-refractivity contribution in [3.05, 3.63) is 104 Å². The van der Waals surface area contributed by atoms with Crippen LogP contribution in [0.4, 0.5) is 5.69 Å². The van der Waals surface area contributed by atoms with E-state index in [9.17, 15) is 14.4 Å². The van der Waals surface area contributed by atoms with Crippen LogP contribution in [0.3, 0.4) is 0 Å². The molecule has 1 N–H and O–H groups in total. The van der Waals surface area contributed by atoms with Gasteiger partial charge in [-0.15, -0.1) is 0 Å². The lowest BCUT2D eigenvalue weighted by Crippen LogP contribution is -2.23. The molecule has 2 heterocycles. The summed E-state index contributed by atoms with van der Waals surface area (Å²) in [5.74, 6) is 0.401. The number of benzene rings is 3. The predicted molar refractivity (Wildman–Crippen MR) is 138 cm³/mol. The molecular formula is C28H23N3O5. The molecule has 180 valence electrons. The van der Waals surface area contributed by atoms with Crippen molar-refractivity contribution >= 4 is 33.5 Å². The van der Waals surface area contributed by atoms with Gasteiger partial charge in [0.1, 0.15) is 11.4 Å². The normalized spacial score (nSPS) is 11.1. The van der Waals surface area contributed by atoms with Gasteiger partial charge in [0.25, 0.3) is 11.5 Å². The fourth-order valence-corrected chi connectivity index (χ4v) is 4.21. The molecule has 0 aliphatic rings. The van der Waals surface area contributed by atoms with Crippen molar-refractivity contribution in [2.75, 3.05) is 11.9 Å². The van der Waals surface area contributed by atoms with E-state index < -0.39 is 11.5 Å². The second-order valence-electron chi connectivity index (χ2n) is 8.33. The van der Waals surface area contributed by atoms with Crippen LogP contribution in [-0.2, 0) is 0 Å². The highest BCUT2D eigenvalue weighted by atomic mass is 16.5. The lowest BCUT2D eigenvalue weighted by atomic mass is 10.1. The molecule has 0 unspecified atom stereocenters. The summed E-state index contributed by atoms with van der Waals surface area (Å²) in [6, 6.07) is 19.1. The van der Waals surface area contributed by atoms with E-state index in [1.165, 1.54) is 10.6 Å². The second kappa shape index (κ2) is 9.14. The van der Waals surface area contributed by atoms with E-state index in [-0.39, 0.29) is 11.1 Å². The van der Waals surface area contributed by atoms with E-state index in [1.807, 2.05) is 19.9 Å². The Morgan fingerprint density at radius 3 is 2.61 bits per heavy atom. The standard InChI is InChI=1S/C28H23N3O5/c1-4-35-24-11-7-8-18-15-21(28(34)36-25(18)24)26(32)30-22-13-12-19(14-16(22)2)31-17(3)29-23-10-6-5-9-20(23)27(31)33/h5-15H,4H2,1-3H3,(H,30,32). The Morgan fingerprint density at radius 1 is 1.03 bits per heavy atom. The Kier molecular flexibility index (Phi) is 5.85. The van der Waals surface area contributed by atoms with Gasteiger partial charge in [-0.3, -0.25) is 14.2 Å². The third-order valence-electron chi connectivity index (χ3n) is 5.93. The van der Waals surface area contributed by atoms with E-state index >= 15 is 0 Å². The van der Waals surface area contributed by atoms with Crippen molar-refractivity contribution in [2.24, 2.45) is 0 Å². The van der Waals surface area contributed by atoms with Crippen molar-refractivity contribution in [3.8, 4) is 11.4 Å². The summed E-state index contributed by atoms with van der Waals surface area (Å²) in [7, 11) is 0. The third kappa shape index (κ3) is 4.02. The molecule has 0 radical (unpaired) electrons. The number of amides is 1.